The topological polar surface area (TPSA) is 78.9 Å². The monoisotopic (exact) mass is 377 g/mol. The molecule has 1 aliphatic heterocycles. The first-order valence-electron chi connectivity index (χ1n) is 8.88. The minimum atomic E-state index is -0.274. The molecule has 0 N–H and O–H groups in total. The Morgan fingerprint density at radius 1 is 1.11 bits per heavy atom. The summed E-state index contributed by atoms with van der Waals surface area (Å²) in [5.74, 6) is 0.545. The van der Waals surface area contributed by atoms with Crippen LogP contribution in [0.4, 0.5) is 4.39 Å². The summed E-state index contributed by atoms with van der Waals surface area (Å²) in [5.41, 5.74) is 4.16. The maximum atomic E-state index is 13.1. The summed E-state index contributed by atoms with van der Waals surface area (Å²) in [6, 6.07) is 14.1. The minimum absolute atomic E-state index is 0.215. The molecule has 1 aliphatic rings. The van der Waals surface area contributed by atoms with Crippen LogP contribution in [-0.4, -0.2) is 25.1 Å². The molecule has 0 fully saturated rings. The van der Waals surface area contributed by atoms with E-state index in [1.807, 2.05) is 31.2 Å². The van der Waals surface area contributed by atoms with Gasteiger partial charge >= 0.3 is 0 Å². The van der Waals surface area contributed by atoms with Gasteiger partial charge in [-0.25, -0.2) is 9.07 Å². The van der Waals surface area contributed by atoms with E-state index >= 15 is 0 Å². The third-order valence-electron chi connectivity index (χ3n) is 4.85. The average molecular weight is 377 g/mol. The molecule has 3 heterocycles. The number of halogens is 1. The third-order valence-corrected chi connectivity index (χ3v) is 4.85. The zero-order chi connectivity index (χ0) is 19.1. The van der Waals surface area contributed by atoms with Gasteiger partial charge in [0.2, 0.25) is 5.82 Å². The van der Waals surface area contributed by atoms with Crippen molar-refractivity contribution < 1.29 is 13.7 Å². The zero-order valence-electron chi connectivity index (χ0n) is 15.0. The van der Waals surface area contributed by atoms with Crippen molar-refractivity contribution in [3.05, 3.63) is 71.2 Å². The van der Waals surface area contributed by atoms with Crippen LogP contribution in [0.3, 0.4) is 0 Å². The number of aryl methyl sites for hydroxylation is 1. The Hall–Kier alpha value is -3.39. The van der Waals surface area contributed by atoms with Crippen molar-refractivity contribution >= 4 is 0 Å². The van der Waals surface area contributed by atoms with Crippen LogP contribution < -0.4 is 0 Å². The Balaban J connectivity index is 1.43. The summed E-state index contributed by atoms with van der Waals surface area (Å²) < 4.78 is 26.3. The van der Waals surface area contributed by atoms with E-state index in [4.69, 9.17) is 9.26 Å². The summed E-state index contributed by atoms with van der Waals surface area (Å²) in [6.45, 7) is 2.77. The van der Waals surface area contributed by atoms with Crippen LogP contribution in [0, 0.1) is 12.7 Å². The molecular weight excluding hydrogens is 361 g/mol. The van der Waals surface area contributed by atoms with Gasteiger partial charge in [0, 0.05) is 5.56 Å². The smallest absolute Gasteiger partial charge is 0.280 e. The van der Waals surface area contributed by atoms with E-state index in [-0.39, 0.29) is 11.9 Å². The van der Waals surface area contributed by atoms with Crippen molar-refractivity contribution in [2.24, 2.45) is 0 Å². The lowest BCUT2D eigenvalue weighted by Crippen LogP contribution is -2.22. The molecule has 4 aromatic rings. The van der Waals surface area contributed by atoms with Crippen LogP contribution in [0.2, 0.25) is 0 Å². The fourth-order valence-electron chi connectivity index (χ4n) is 3.31. The Labute approximate surface area is 159 Å². The van der Waals surface area contributed by atoms with Crippen molar-refractivity contribution in [1.29, 1.82) is 0 Å². The van der Waals surface area contributed by atoms with Gasteiger partial charge in [-0.2, -0.15) is 4.98 Å². The van der Waals surface area contributed by atoms with Crippen LogP contribution in [0.1, 0.15) is 22.9 Å². The Kier molecular flexibility index (Phi) is 3.98. The van der Waals surface area contributed by atoms with Crippen molar-refractivity contribution in [2.75, 3.05) is 0 Å². The van der Waals surface area contributed by atoms with E-state index in [0.29, 0.717) is 30.6 Å². The van der Waals surface area contributed by atoms with Gasteiger partial charge in [0.05, 0.1) is 18.8 Å². The van der Waals surface area contributed by atoms with Gasteiger partial charge in [0.25, 0.3) is 5.89 Å². The number of aromatic nitrogens is 5. The Bertz CT molecular complexity index is 1140. The summed E-state index contributed by atoms with van der Waals surface area (Å²) in [6.07, 6.45) is -0.215. The number of nitrogens with zero attached hydrogens (tertiary/aromatic N) is 5. The molecule has 2 aromatic heterocycles. The second kappa shape index (κ2) is 6.65. The quantitative estimate of drug-likeness (QED) is 0.541. The maximum Gasteiger partial charge on any atom is 0.280 e. The molecule has 7 nitrogen and oxygen atoms in total. The number of hydrogen-bond donors (Lipinski definition) is 0. The lowest BCUT2D eigenvalue weighted by molar-refractivity contribution is -0.00120. The van der Waals surface area contributed by atoms with Crippen LogP contribution in [-0.2, 0) is 17.9 Å². The summed E-state index contributed by atoms with van der Waals surface area (Å²) >= 11 is 0. The van der Waals surface area contributed by atoms with Gasteiger partial charge in [-0.05, 0) is 30.2 Å². The molecule has 0 spiro atoms. The number of ether oxygens (including phenoxy) is 1. The second-order valence-corrected chi connectivity index (χ2v) is 6.66. The lowest BCUT2D eigenvalue weighted by Gasteiger charge is -2.24. The average Bonchev–Trinajstić information content (AvgIpc) is 3.35. The first kappa shape index (κ1) is 16.8. The molecule has 140 valence electrons. The molecule has 8 heteroatoms. The normalized spacial score (nSPS) is 16.1. The largest absolute Gasteiger partial charge is 0.365 e. The lowest BCUT2D eigenvalue weighted by atomic mass is 10.1. The van der Waals surface area contributed by atoms with Gasteiger partial charge in [0.1, 0.15) is 11.9 Å². The first-order chi connectivity index (χ1) is 13.7. The molecule has 0 unspecified atom stereocenters. The standard InChI is InChI=1S/C20H16FN5O2/c1-12-4-2-3-5-15(12)19-22-20(28-24-19)18-16-11-27-17(10-26(16)25-23-18)13-6-8-14(21)9-7-13/h2-9,17H,10-11H2,1H3/t17-/m1/s1. The minimum Gasteiger partial charge on any atom is -0.365 e. The van der Waals surface area contributed by atoms with E-state index in [1.54, 1.807) is 16.8 Å². The Morgan fingerprint density at radius 2 is 1.93 bits per heavy atom. The number of hydrogen-bond acceptors (Lipinski definition) is 6. The van der Waals surface area contributed by atoms with Gasteiger partial charge in [-0.15, -0.1) is 5.10 Å². The highest BCUT2D eigenvalue weighted by Crippen LogP contribution is 2.31. The van der Waals surface area contributed by atoms with Crippen LogP contribution in [0.5, 0.6) is 0 Å². The van der Waals surface area contributed by atoms with Crippen LogP contribution >= 0.6 is 0 Å². The molecule has 0 bridgehead atoms. The van der Waals surface area contributed by atoms with E-state index in [0.717, 1.165) is 22.4 Å². The van der Waals surface area contributed by atoms with E-state index in [1.165, 1.54) is 12.1 Å². The van der Waals surface area contributed by atoms with Crippen molar-refractivity contribution in [1.82, 2.24) is 25.1 Å². The van der Waals surface area contributed by atoms with Crippen LogP contribution in [0.25, 0.3) is 23.0 Å². The number of rotatable bonds is 3. The van der Waals surface area contributed by atoms with Crippen molar-refractivity contribution in [2.45, 2.75) is 26.2 Å². The maximum absolute atomic E-state index is 13.1. The molecule has 1 atom stereocenters. The van der Waals surface area contributed by atoms with E-state index in [2.05, 4.69) is 20.5 Å². The molecule has 5 rings (SSSR count). The SMILES string of the molecule is Cc1ccccc1-c1noc(-c2nnn3c2CO[C@@H](c2ccc(F)cc2)C3)n1. The third kappa shape index (κ3) is 2.87. The molecule has 2 aromatic carbocycles. The molecule has 0 saturated carbocycles. The second-order valence-electron chi connectivity index (χ2n) is 6.66. The molecule has 0 aliphatic carbocycles. The van der Waals surface area contributed by atoms with Gasteiger partial charge in [-0.3, -0.25) is 0 Å². The Morgan fingerprint density at radius 3 is 2.75 bits per heavy atom. The molecule has 0 radical (unpaired) electrons. The summed E-state index contributed by atoms with van der Waals surface area (Å²) in [5, 5.41) is 12.5. The highest BCUT2D eigenvalue weighted by atomic mass is 19.1. The fraction of sp³-hybridized carbons (Fsp3) is 0.200. The molecule has 0 amide bonds. The predicted octanol–water partition coefficient (Wildman–Crippen LogP) is 3.71. The highest BCUT2D eigenvalue weighted by Gasteiger charge is 2.28. The summed E-state index contributed by atoms with van der Waals surface area (Å²) in [4.78, 5) is 4.49. The molecule has 0 saturated heterocycles. The van der Waals surface area contributed by atoms with Crippen molar-refractivity contribution in [3.63, 3.8) is 0 Å². The first-order valence-corrected chi connectivity index (χ1v) is 8.88. The molecular formula is C20H16FN5O2. The summed E-state index contributed by atoms with van der Waals surface area (Å²) in [7, 11) is 0. The fourth-order valence-corrected chi connectivity index (χ4v) is 3.31. The number of fused-ring (bicyclic) bond motifs is 1. The van der Waals surface area contributed by atoms with Gasteiger partial charge in [-0.1, -0.05) is 46.8 Å². The van der Waals surface area contributed by atoms with Crippen molar-refractivity contribution in [3.8, 4) is 23.0 Å². The van der Waals surface area contributed by atoms with Gasteiger partial charge in [0.15, 0.2) is 5.69 Å². The zero-order valence-corrected chi connectivity index (χ0v) is 15.0. The number of benzene rings is 2. The van der Waals surface area contributed by atoms with Crippen LogP contribution in [0.15, 0.2) is 53.1 Å². The van der Waals surface area contributed by atoms with E-state index < -0.39 is 0 Å². The highest BCUT2D eigenvalue weighted by molar-refractivity contribution is 5.62. The van der Waals surface area contributed by atoms with Gasteiger partial charge < -0.3 is 9.26 Å². The molecule has 28 heavy (non-hydrogen) atoms. The van der Waals surface area contributed by atoms with E-state index in [9.17, 15) is 4.39 Å². The predicted molar refractivity (Wildman–Crippen MR) is 97.4 cm³/mol.